The minimum Gasteiger partial charge on any atom is -0.494 e. The topological polar surface area (TPSA) is 84.5 Å². The number of carbonyl (C=O) groups is 1. The zero-order chi connectivity index (χ0) is 21.6. The van der Waals surface area contributed by atoms with Gasteiger partial charge in [0.15, 0.2) is 0 Å². The molecular weight excluding hydrogens is 424 g/mol. The molecule has 3 rings (SSSR count). The second-order valence-electron chi connectivity index (χ2n) is 6.40. The van der Waals surface area contributed by atoms with Crippen molar-refractivity contribution >= 4 is 33.2 Å². The molecule has 0 aliphatic carbocycles. The number of halogens is 1. The molecule has 8 heteroatoms. The molecule has 0 saturated carbocycles. The van der Waals surface area contributed by atoms with Gasteiger partial charge in [-0.1, -0.05) is 29.8 Å². The number of nitrogens with one attached hydrogen (secondary N) is 2. The lowest BCUT2D eigenvalue weighted by molar-refractivity contribution is 0.0951. The standard InChI is InChI=1S/C22H21ClN2O4S/c1-2-29-20-10-6-16(7-11-20)15-24-22(26)17-4-3-5-19(14-17)25-30(27,28)21-12-8-18(23)9-13-21/h3-14,25H,2,15H2,1H3,(H,24,26). The van der Waals surface area contributed by atoms with Crippen molar-refractivity contribution in [3.8, 4) is 5.75 Å². The van der Waals surface area contributed by atoms with Crippen molar-refractivity contribution in [1.82, 2.24) is 5.32 Å². The van der Waals surface area contributed by atoms with Crippen LogP contribution in [0.2, 0.25) is 5.02 Å². The third-order valence-corrected chi connectivity index (χ3v) is 5.84. The van der Waals surface area contributed by atoms with Crippen molar-refractivity contribution in [2.45, 2.75) is 18.4 Å². The second-order valence-corrected chi connectivity index (χ2v) is 8.52. The Morgan fingerprint density at radius 2 is 1.70 bits per heavy atom. The van der Waals surface area contributed by atoms with Gasteiger partial charge >= 0.3 is 0 Å². The Labute approximate surface area is 180 Å². The molecule has 0 aliphatic heterocycles. The Kier molecular flexibility index (Phi) is 6.97. The van der Waals surface area contributed by atoms with Crippen molar-refractivity contribution in [1.29, 1.82) is 0 Å². The molecule has 156 valence electrons. The van der Waals surface area contributed by atoms with Crippen LogP contribution in [0.1, 0.15) is 22.8 Å². The fourth-order valence-corrected chi connectivity index (χ4v) is 3.88. The highest BCUT2D eigenvalue weighted by atomic mass is 35.5. The van der Waals surface area contributed by atoms with Crippen LogP contribution in [0.15, 0.2) is 77.7 Å². The number of hydrogen-bond donors (Lipinski definition) is 2. The molecule has 0 unspecified atom stereocenters. The first kappa shape index (κ1) is 21.7. The van der Waals surface area contributed by atoms with Gasteiger partial charge in [0, 0.05) is 22.8 Å². The lowest BCUT2D eigenvalue weighted by Crippen LogP contribution is -2.23. The number of rotatable bonds is 8. The third-order valence-electron chi connectivity index (χ3n) is 4.19. The maximum Gasteiger partial charge on any atom is 0.261 e. The quantitative estimate of drug-likeness (QED) is 0.536. The van der Waals surface area contributed by atoms with Crippen molar-refractivity contribution in [2.75, 3.05) is 11.3 Å². The van der Waals surface area contributed by atoms with Gasteiger partial charge in [0.25, 0.3) is 15.9 Å². The zero-order valence-electron chi connectivity index (χ0n) is 16.3. The minimum atomic E-state index is -3.79. The Balaban J connectivity index is 1.65. The molecule has 0 spiro atoms. The van der Waals surface area contributed by atoms with E-state index in [1.807, 2.05) is 31.2 Å². The largest absolute Gasteiger partial charge is 0.494 e. The summed E-state index contributed by atoms with van der Waals surface area (Å²) in [6, 6.07) is 19.6. The normalized spacial score (nSPS) is 11.0. The Morgan fingerprint density at radius 1 is 1.00 bits per heavy atom. The Morgan fingerprint density at radius 3 is 2.37 bits per heavy atom. The van der Waals surface area contributed by atoms with Gasteiger partial charge in [-0.05, 0) is 67.1 Å². The van der Waals surface area contributed by atoms with E-state index in [2.05, 4.69) is 10.0 Å². The first-order valence-corrected chi connectivity index (χ1v) is 11.1. The maximum absolute atomic E-state index is 12.5. The van der Waals surface area contributed by atoms with E-state index in [9.17, 15) is 13.2 Å². The van der Waals surface area contributed by atoms with E-state index in [1.54, 1.807) is 18.2 Å². The lowest BCUT2D eigenvalue weighted by atomic mass is 10.1. The number of carbonyl (C=O) groups excluding carboxylic acids is 1. The fraction of sp³-hybridized carbons (Fsp3) is 0.136. The molecule has 30 heavy (non-hydrogen) atoms. The first-order chi connectivity index (χ1) is 14.4. The summed E-state index contributed by atoms with van der Waals surface area (Å²) < 4.78 is 32.9. The predicted octanol–water partition coefficient (Wildman–Crippen LogP) is 4.47. The van der Waals surface area contributed by atoms with Crippen LogP contribution in [0.25, 0.3) is 0 Å². The van der Waals surface area contributed by atoms with Crippen LogP contribution in [0.3, 0.4) is 0 Å². The molecule has 0 aromatic heterocycles. The van der Waals surface area contributed by atoms with Gasteiger partial charge in [0.2, 0.25) is 0 Å². The van der Waals surface area contributed by atoms with Crippen LogP contribution in [-0.4, -0.2) is 20.9 Å². The molecule has 0 heterocycles. The van der Waals surface area contributed by atoms with Gasteiger partial charge in [0.05, 0.1) is 11.5 Å². The average Bonchev–Trinajstić information content (AvgIpc) is 2.73. The van der Waals surface area contributed by atoms with Crippen molar-refractivity contribution in [3.05, 3.63) is 88.9 Å². The van der Waals surface area contributed by atoms with E-state index in [0.717, 1.165) is 11.3 Å². The maximum atomic E-state index is 12.5. The van der Waals surface area contributed by atoms with Crippen molar-refractivity contribution in [3.63, 3.8) is 0 Å². The summed E-state index contributed by atoms with van der Waals surface area (Å²) in [5, 5.41) is 3.27. The number of ether oxygens (including phenoxy) is 1. The van der Waals surface area contributed by atoms with Crippen molar-refractivity contribution < 1.29 is 17.9 Å². The van der Waals surface area contributed by atoms with Crippen molar-refractivity contribution in [2.24, 2.45) is 0 Å². The van der Waals surface area contributed by atoms with E-state index in [4.69, 9.17) is 16.3 Å². The van der Waals surface area contributed by atoms with E-state index in [1.165, 1.54) is 30.3 Å². The molecule has 1 amide bonds. The highest BCUT2D eigenvalue weighted by molar-refractivity contribution is 7.92. The molecule has 6 nitrogen and oxygen atoms in total. The number of anilines is 1. The molecule has 3 aromatic carbocycles. The molecule has 0 bridgehead atoms. The predicted molar refractivity (Wildman–Crippen MR) is 117 cm³/mol. The summed E-state index contributed by atoms with van der Waals surface area (Å²) in [6.45, 7) is 2.85. The smallest absolute Gasteiger partial charge is 0.261 e. The van der Waals surface area contributed by atoms with Gasteiger partial charge < -0.3 is 10.1 Å². The SMILES string of the molecule is CCOc1ccc(CNC(=O)c2cccc(NS(=O)(=O)c3ccc(Cl)cc3)c2)cc1. The summed E-state index contributed by atoms with van der Waals surface area (Å²) in [5.74, 6) is 0.463. The van der Waals surface area contributed by atoms with Gasteiger partial charge in [0.1, 0.15) is 5.75 Å². The number of amides is 1. The third kappa shape index (κ3) is 5.75. The molecule has 0 radical (unpaired) electrons. The van der Waals surface area contributed by atoms with Crippen LogP contribution >= 0.6 is 11.6 Å². The number of sulfonamides is 1. The van der Waals surface area contributed by atoms with Gasteiger partial charge in [-0.2, -0.15) is 0 Å². The summed E-state index contributed by atoms with van der Waals surface area (Å²) in [7, 11) is -3.79. The van der Waals surface area contributed by atoms with Crippen LogP contribution in [-0.2, 0) is 16.6 Å². The molecule has 0 aliphatic rings. The highest BCUT2D eigenvalue weighted by Gasteiger charge is 2.15. The van der Waals surface area contributed by atoms with Crippen LogP contribution in [0.5, 0.6) is 5.75 Å². The van der Waals surface area contributed by atoms with Crippen LogP contribution in [0.4, 0.5) is 5.69 Å². The molecule has 0 fully saturated rings. The molecule has 0 saturated heterocycles. The van der Waals surface area contributed by atoms with Gasteiger partial charge in [-0.3, -0.25) is 9.52 Å². The highest BCUT2D eigenvalue weighted by Crippen LogP contribution is 2.19. The summed E-state index contributed by atoms with van der Waals surface area (Å²) in [5.41, 5.74) is 1.56. The van der Waals surface area contributed by atoms with E-state index >= 15 is 0 Å². The Bertz CT molecular complexity index is 1110. The number of hydrogen-bond acceptors (Lipinski definition) is 4. The fourth-order valence-electron chi connectivity index (χ4n) is 2.71. The number of benzene rings is 3. The minimum absolute atomic E-state index is 0.0808. The summed E-state index contributed by atoms with van der Waals surface area (Å²) in [4.78, 5) is 12.6. The summed E-state index contributed by atoms with van der Waals surface area (Å²) in [6.07, 6.45) is 0. The molecule has 0 atom stereocenters. The van der Waals surface area contributed by atoms with E-state index in [-0.39, 0.29) is 10.8 Å². The van der Waals surface area contributed by atoms with Crippen LogP contribution in [0, 0.1) is 0 Å². The average molecular weight is 445 g/mol. The lowest BCUT2D eigenvalue weighted by Gasteiger charge is -2.10. The van der Waals surface area contributed by atoms with E-state index < -0.39 is 10.0 Å². The van der Waals surface area contributed by atoms with Gasteiger partial charge in [-0.25, -0.2) is 8.42 Å². The molecule has 3 aromatic rings. The van der Waals surface area contributed by atoms with Crippen LogP contribution < -0.4 is 14.8 Å². The summed E-state index contributed by atoms with van der Waals surface area (Å²) >= 11 is 5.81. The van der Waals surface area contributed by atoms with Gasteiger partial charge in [-0.15, -0.1) is 0 Å². The van der Waals surface area contributed by atoms with E-state index in [0.29, 0.717) is 29.4 Å². The first-order valence-electron chi connectivity index (χ1n) is 9.26. The zero-order valence-corrected chi connectivity index (χ0v) is 17.8. The Hall–Kier alpha value is -3.03. The monoisotopic (exact) mass is 444 g/mol. The molecular formula is C22H21ClN2O4S. The second kappa shape index (κ2) is 9.65. The molecule has 2 N–H and O–H groups in total.